The van der Waals surface area contributed by atoms with Crippen molar-refractivity contribution in [2.75, 3.05) is 24.9 Å². The molecule has 0 aliphatic carbocycles. The van der Waals surface area contributed by atoms with Crippen LogP contribution in [-0.2, 0) is 15.8 Å². The van der Waals surface area contributed by atoms with Gasteiger partial charge in [-0.2, -0.15) is 18.2 Å². The fourth-order valence-electron chi connectivity index (χ4n) is 2.95. The summed E-state index contributed by atoms with van der Waals surface area (Å²) in [6.45, 7) is 4.07. The first-order valence-corrected chi connectivity index (χ1v) is 12.7. The summed E-state index contributed by atoms with van der Waals surface area (Å²) in [5, 5.41) is 0.502. The van der Waals surface area contributed by atoms with Gasteiger partial charge in [0.1, 0.15) is 28.8 Å². The molecular formula is C19H23F3N5O4PS. The molecule has 2 aromatic heterocycles. The molecule has 9 nitrogen and oxygen atoms in total. The normalized spacial score (nSPS) is 14.8. The molecule has 0 bridgehead atoms. The molecule has 2 heterocycles. The zero-order valence-electron chi connectivity index (χ0n) is 17.8. The predicted octanol–water partition coefficient (Wildman–Crippen LogP) is 4.15. The van der Waals surface area contributed by atoms with Gasteiger partial charge in [0.25, 0.3) is 0 Å². The van der Waals surface area contributed by atoms with Crippen LogP contribution in [0.15, 0.2) is 40.5 Å². The van der Waals surface area contributed by atoms with Gasteiger partial charge in [-0.3, -0.25) is 4.57 Å². The number of hydrogen-bond acceptors (Lipinski definition) is 8. The van der Waals surface area contributed by atoms with Crippen LogP contribution in [0.2, 0.25) is 0 Å². The second kappa shape index (κ2) is 10.3. The van der Waals surface area contributed by atoms with Gasteiger partial charge in [0.15, 0.2) is 5.65 Å². The first-order chi connectivity index (χ1) is 15.5. The van der Waals surface area contributed by atoms with E-state index < -0.39 is 32.2 Å². The molecule has 0 saturated carbocycles. The Balaban J connectivity index is 1.77. The number of aromatic nitrogens is 4. The number of nitrogens with two attached hydrogens (primary N) is 1. The van der Waals surface area contributed by atoms with Crippen LogP contribution in [0.4, 0.5) is 19.1 Å². The lowest BCUT2D eigenvalue weighted by Crippen LogP contribution is -2.20. The van der Waals surface area contributed by atoms with Crippen LogP contribution in [0.25, 0.3) is 11.2 Å². The number of para-hydroxylation sites is 1. The van der Waals surface area contributed by atoms with Crippen molar-refractivity contribution in [3.05, 3.63) is 30.6 Å². The topological polar surface area (TPSA) is 125 Å². The zero-order valence-corrected chi connectivity index (χ0v) is 19.5. The molecule has 33 heavy (non-hydrogen) atoms. The molecule has 2 atom stereocenters. The third kappa shape index (κ3) is 7.07. The number of nitrogens with zero attached hydrogens (tertiary/aromatic N) is 4. The average Bonchev–Trinajstić information content (AvgIpc) is 3.09. The van der Waals surface area contributed by atoms with Crippen molar-refractivity contribution in [3.63, 3.8) is 0 Å². The van der Waals surface area contributed by atoms with E-state index in [1.807, 2.05) is 31.2 Å². The van der Waals surface area contributed by atoms with E-state index in [1.54, 1.807) is 11.5 Å². The number of hydrogen-bond donors (Lipinski definition) is 2. The van der Waals surface area contributed by atoms with Crippen LogP contribution >= 0.6 is 19.1 Å². The lowest BCUT2D eigenvalue weighted by atomic mass is 10.3. The van der Waals surface area contributed by atoms with E-state index in [0.29, 0.717) is 28.5 Å². The second-order valence-electron chi connectivity index (χ2n) is 7.16. The van der Waals surface area contributed by atoms with Gasteiger partial charge in [-0.05, 0) is 26.0 Å². The van der Waals surface area contributed by atoms with Gasteiger partial charge in [-0.1, -0.05) is 23.9 Å². The van der Waals surface area contributed by atoms with Crippen molar-refractivity contribution in [2.45, 2.75) is 42.6 Å². The summed E-state index contributed by atoms with van der Waals surface area (Å²) in [5.41, 5.74) is 6.76. The highest BCUT2D eigenvalue weighted by Gasteiger charge is 2.38. The molecular weight excluding hydrogens is 482 g/mol. The fraction of sp³-hybridized carbons (Fsp3) is 0.421. The average molecular weight is 505 g/mol. The summed E-state index contributed by atoms with van der Waals surface area (Å²) in [7, 11) is -4.50. The zero-order chi connectivity index (χ0) is 24.2. The highest BCUT2D eigenvalue weighted by Crippen LogP contribution is 2.45. The first kappa shape index (κ1) is 25.3. The van der Waals surface area contributed by atoms with Crippen molar-refractivity contribution in [3.8, 4) is 5.75 Å². The SMILES string of the molecule is CCOc1ccccc1Sc1nc(N)nc2c1ncn2CC(C)OCP(=O)(O)CC(F)(F)F. The van der Waals surface area contributed by atoms with Gasteiger partial charge < -0.3 is 24.7 Å². The van der Waals surface area contributed by atoms with Crippen LogP contribution in [0.1, 0.15) is 13.8 Å². The molecule has 1 aromatic carbocycles. The third-order valence-electron chi connectivity index (χ3n) is 4.25. The fourth-order valence-corrected chi connectivity index (χ4v) is 5.05. The van der Waals surface area contributed by atoms with E-state index >= 15 is 0 Å². The first-order valence-electron chi connectivity index (χ1n) is 9.84. The minimum Gasteiger partial charge on any atom is -0.493 e. The summed E-state index contributed by atoms with van der Waals surface area (Å²) < 4.78 is 61.4. The number of benzene rings is 1. The maximum Gasteiger partial charge on any atom is 0.398 e. The van der Waals surface area contributed by atoms with E-state index in [-0.39, 0.29) is 12.5 Å². The van der Waals surface area contributed by atoms with Gasteiger partial charge in [-0.15, -0.1) is 0 Å². The van der Waals surface area contributed by atoms with Crippen molar-refractivity contribution >= 4 is 36.2 Å². The number of alkyl halides is 3. The second-order valence-corrected chi connectivity index (χ2v) is 10.5. The van der Waals surface area contributed by atoms with Gasteiger partial charge in [-0.25, -0.2) is 9.97 Å². The highest BCUT2D eigenvalue weighted by atomic mass is 32.2. The van der Waals surface area contributed by atoms with Crippen molar-refractivity contribution in [1.82, 2.24) is 19.5 Å². The molecule has 0 saturated heterocycles. The van der Waals surface area contributed by atoms with E-state index in [2.05, 4.69) is 15.0 Å². The van der Waals surface area contributed by atoms with Gasteiger partial charge in [0.2, 0.25) is 13.3 Å². The van der Waals surface area contributed by atoms with Crippen molar-refractivity contribution in [2.24, 2.45) is 0 Å². The molecule has 0 amide bonds. The molecule has 2 unspecified atom stereocenters. The van der Waals surface area contributed by atoms with Gasteiger partial charge in [0.05, 0.1) is 30.5 Å². The number of rotatable bonds is 10. The lowest BCUT2D eigenvalue weighted by Gasteiger charge is -2.18. The van der Waals surface area contributed by atoms with Crippen LogP contribution < -0.4 is 10.5 Å². The Hall–Kier alpha value is -2.34. The summed E-state index contributed by atoms with van der Waals surface area (Å²) in [5.74, 6) is 0.698. The smallest absolute Gasteiger partial charge is 0.398 e. The summed E-state index contributed by atoms with van der Waals surface area (Å²) >= 11 is 1.31. The number of nitrogen functional groups attached to an aromatic ring is 1. The quantitative estimate of drug-likeness (QED) is 0.309. The molecule has 3 rings (SSSR count). The van der Waals surface area contributed by atoms with Crippen LogP contribution in [-0.4, -0.2) is 55.8 Å². The summed E-state index contributed by atoms with van der Waals surface area (Å²) in [4.78, 5) is 23.2. The van der Waals surface area contributed by atoms with E-state index in [0.717, 1.165) is 4.90 Å². The summed E-state index contributed by atoms with van der Waals surface area (Å²) in [6, 6.07) is 7.43. The standard InChI is InChI=1S/C19H23F3N5O4PS/c1-3-30-13-6-4-5-7-14(13)33-17-15-16(25-18(23)26-17)27(10-24-15)8-12(2)31-11-32(28,29)9-19(20,21)22/h4-7,10,12H,3,8-9,11H2,1-2H3,(H,28,29)(H2,23,25,26). The molecule has 180 valence electrons. The number of anilines is 1. The molecule has 0 spiro atoms. The Kier molecular flexibility index (Phi) is 7.88. The van der Waals surface area contributed by atoms with Crippen LogP contribution in [0, 0.1) is 0 Å². The minimum absolute atomic E-state index is 0.0132. The maximum absolute atomic E-state index is 12.4. The monoisotopic (exact) mass is 505 g/mol. The maximum atomic E-state index is 12.4. The number of imidazole rings is 1. The van der Waals surface area contributed by atoms with E-state index in [4.69, 9.17) is 15.2 Å². The third-order valence-corrected chi connectivity index (χ3v) is 6.69. The van der Waals surface area contributed by atoms with E-state index in [9.17, 15) is 22.6 Å². The molecule has 0 aliphatic rings. The van der Waals surface area contributed by atoms with Crippen LogP contribution in [0.3, 0.4) is 0 Å². The molecule has 14 heteroatoms. The molecule has 3 aromatic rings. The van der Waals surface area contributed by atoms with Crippen LogP contribution in [0.5, 0.6) is 5.75 Å². The van der Waals surface area contributed by atoms with E-state index in [1.165, 1.54) is 18.1 Å². The van der Waals surface area contributed by atoms with Crippen molar-refractivity contribution in [1.29, 1.82) is 0 Å². The Morgan fingerprint density at radius 1 is 1.30 bits per heavy atom. The molecule has 3 N–H and O–H groups in total. The Morgan fingerprint density at radius 3 is 2.73 bits per heavy atom. The van der Waals surface area contributed by atoms with Crippen molar-refractivity contribution < 1.29 is 32.1 Å². The Labute approximate surface area is 192 Å². The minimum atomic E-state index is -4.75. The van der Waals surface area contributed by atoms with Gasteiger partial charge >= 0.3 is 6.18 Å². The lowest BCUT2D eigenvalue weighted by molar-refractivity contribution is -0.108. The largest absolute Gasteiger partial charge is 0.493 e. The molecule has 0 radical (unpaired) electrons. The summed E-state index contributed by atoms with van der Waals surface area (Å²) in [6.07, 6.45) is -6.67. The molecule has 0 aliphatic heterocycles. The highest BCUT2D eigenvalue weighted by molar-refractivity contribution is 7.99. The number of fused-ring (bicyclic) bond motifs is 1. The number of halogens is 3. The Morgan fingerprint density at radius 2 is 2.03 bits per heavy atom. The Bertz CT molecular complexity index is 1160. The van der Waals surface area contributed by atoms with Gasteiger partial charge in [0, 0.05) is 0 Å². The predicted molar refractivity (Wildman–Crippen MR) is 118 cm³/mol. The number of ether oxygens (including phenoxy) is 2. The molecule has 0 fully saturated rings.